The summed E-state index contributed by atoms with van der Waals surface area (Å²) in [6.45, 7) is 2.00. The third kappa shape index (κ3) is 3.73. The van der Waals surface area contributed by atoms with Crippen LogP contribution in [0.3, 0.4) is 0 Å². The van der Waals surface area contributed by atoms with Crippen molar-refractivity contribution in [3.8, 4) is 0 Å². The fourth-order valence-electron chi connectivity index (χ4n) is 1.94. The van der Waals surface area contributed by atoms with Crippen LogP contribution in [0.1, 0.15) is 22.8 Å². The second-order valence-corrected chi connectivity index (χ2v) is 6.18. The van der Waals surface area contributed by atoms with Crippen LogP contribution < -0.4 is 0 Å². The molecule has 0 aliphatic carbocycles. The van der Waals surface area contributed by atoms with Gasteiger partial charge in [-0.2, -0.15) is 0 Å². The summed E-state index contributed by atoms with van der Waals surface area (Å²) in [7, 11) is 0. The molecule has 1 unspecified atom stereocenters. The molecule has 2 rings (SSSR count). The molecule has 1 N–H and O–H groups in total. The van der Waals surface area contributed by atoms with Crippen molar-refractivity contribution in [3.05, 3.63) is 67.6 Å². The predicted octanol–water partition coefficient (Wildman–Crippen LogP) is 5.34. The first-order chi connectivity index (χ1) is 8.97. The molecule has 1 nitrogen and oxygen atoms in total. The van der Waals surface area contributed by atoms with Gasteiger partial charge in [0.1, 0.15) is 0 Å². The van der Waals surface area contributed by atoms with Gasteiger partial charge in [0, 0.05) is 20.9 Å². The molecule has 1 atom stereocenters. The van der Waals surface area contributed by atoms with E-state index in [1.807, 2.05) is 25.1 Å². The molecule has 100 valence electrons. The van der Waals surface area contributed by atoms with Gasteiger partial charge in [-0.05, 0) is 42.3 Å². The Morgan fingerprint density at radius 3 is 2.63 bits per heavy atom. The van der Waals surface area contributed by atoms with Gasteiger partial charge in [-0.3, -0.25) is 0 Å². The van der Waals surface area contributed by atoms with Crippen molar-refractivity contribution in [1.82, 2.24) is 0 Å². The smallest absolute Gasteiger partial charge is 0.0841 e. The summed E-state index contributed by atoms with van der Waals surface area (Å²) in [6.07, 6.45) is -0.188. The highest BCUT2D eigenvalue weighted by Gasteiger charge is 2.14. The summed E-state index contributed by atoms with van der Waals surface area (Å²) in [6, 6.07) is 11.2. The zero-order chi connectivity index (χ0) is 14.0. The summed E-state index contributed by atoms with van der Waals surface area (Å²) in [5, 5.41) is 11.6. The second kappa shape index (κ2) is 6.27. The SMILES string of the molecule is Cc1ccc(Br)c(C(O)Cc2cc(Cl)ccc2Cl)c1. The average Bonchev–Trinajstić information content (AvgIpc) is 2.36. The Hall–Kier alpha value is -0.540. The molecule has 2 aromatic carbocycles. The largest absolute Gasteiger partial charge is 0.388 e. The highest BCUT2D eigenvalue weighted by atomic mass is 79.9. The molecular formula is C15H13BrCl2O. The van der Waals surface area contributed by atoms with E-state index in [0.717, 1.165) is 21.2 Å². The molecule has 0 saturated carbocycles. The Bertz CT molecular complexity index is 599. The normalized spacial score (nSPS) is 12.5. The molecule has 4 heteroatoms. The van der Waals surface area contributed by atoms with Crippen molar-refractivity contribution in [2.75, 3.05) is 0 Å². The van der Waals surface area contributed by atoms with Gasteiger partial charge in [-0.15, -0.1) is 0 Å². The van der Waals surface area contributed by atoms with Crippen LogP contribution in [-0.2, 0) is 6.42 Å². The van der Waals surface area contributed by atoms with Crippen LogP contribution in [0, 0.1) is 6.92 Å². The van der Waals surface area contributed by atoms with Crippen LogP contribution in [0.15, 0.2) is 40.9 Å². The topological polar surface area (TPSA) is 20.2 Å². The van der Waals surface area contributed by atoms with E-state index >= 15 is 0 Å². The summed E-state index contributed by atoms with van der Waals surface area (Å²) >= 11 is 15.5. The van der Waals surface area contributed by atoms with Crippen molar-refractivity contribution in [2.45, 2.75) is 19.4 Å². The van der Waals surface area contributed by atoms with E-state index in [1.54, 1.807) is 18.2 Å². The fourth-order valence-corrected chi connectivity index (χ4v) is 2.84. The Kier molecular flexibility index (Phi) is 4.91. The fraction of sp³-hybridized carbons (Fsp3) is 0.200. The van der Waals surface area contributed by atoms with Crippen LogP contribution in [0.2, 0.25) is 10.0 Å². The lowest BCUT2D eigenvalue weighted by Crippen LogP contribution is -2.03. The van der Waals surface area contributed by atoms with Gasteiger partial charge in [-0.1, -0.05) is 56.8 Å². The summed E-state index contributed by atoms with van der Waals surface area (Å²) < 4.78 is 0.892. The maximum absolute atomic E-state index is 10.4. The molecule has 2 aromatic rings. The third-order valence-corrected chi connectivity index (χ3v) is 4.26. The van der Waals surface area contributed by atoms with Gasteiger partial charge < -0.3 is 5.11 Å². The Morgan fingerprint density at radius 1 is 1.16 bits per heavy atom. The summed E-state index contributed by atoms with van der Waals surface area (Å²) in [4.78, 5) is 0. The molecular weight excluding hydrogens is 347 g/mol. The Morgan fingerprint density at radius 2 is 1.89 bits per heavy atom. The number of aliphatic hydroxyl groups is 1. The monoisotopic (exact) mass is 358 g/mol. The highest BCUT2D eigenvalue weighted by Crippen LogP contribution is 2.30. The predicted molar refractivity (Wildman–Crippen MR) is 84.0 cm³/mol. The van der Waals surface area contributed by atoms with Crippen LogP contribution >= 0.6 is 39.1 Å². The molecule has 0 heterocycles. The van der Waals surface area contributed by atoms with E-state index in [1.165, 1.54) is 0 Å². The maximum atomic E-state index is 10.4. The number of aliphatic hydroxyl groups excluding tert-OH is 1. The quantitative estimate of drug-likeness (QED) is 0.784. The van der Waals surface area contributed by atoms with Crippen molar-refractivity contribution < 1.29 is 5.11 Å². The molecule has 0 radical (unpaired) electrons. The lowest BCUT2D eigenvalue weighted by atomic mass is 10.00. The first kappa shape index (κ1) is 14.9. The van der Waals surface area contributed by atoms with Crippen LogP contribution in [0.4, 0.5) is 0 Å². The molecule has 0 aromatic heterocycles. The molecule has 19 heavy (non-hydrogen) atoms. The van der Waals surface area contributed by atoms with E-state index in [-0.39, 0.29) is 0 Å². The third-order valence-electron chi connectivity index (χ3n) is 2.93. The zero-order valence-corrected chi connectivity index (χ0v) is 13.4. The van der Waals surface area contributed by atoms with Gasteiger partial charge in [-0.25, -0.2) is 0 Å². The minimum absolute atomic E-state index is 0.432. The maximum Gasteiger partial charge on any atom is 0.0841 e. The molecule has 0 spiro atoms. The highest BCUT2D eigenvalue weighted by molar-refractivity contribution is 9.10. The number of aryl methyl sites for hydroxylation is 1. The number of benzene rings is 2. The van der Waals surface area contributed by atoms with Gasteiger partial charge in [0.2, 0.25) is 0 Å². The summed E-state index contributed by atoms with van der Waals surface area (Å²) in [5.74, 6) is 0. The first-order valence-corrected chi connectivity index (χ1v) is 7.40. The molecule has 0 fully saturated rings. The first-order valence-electron chi connectivity index (χ1n) is 5.85. The minimum Gasteiger partial charge on any atom is -0.388 e. The van der Waals surface area contributed by atoms with Crippen LogP contribution in [-0.4, -0.2) is 5.11 Å². The Labute approximate surface area is 131 Å². The lowest BCUT2D eigenvalue weighted by molar-refractivity contribution is 0.177. The van der Waals surface area contributed by atoms with Gasteiger partial charge >= 0.3 is 0 Å². The number of hydrogen-bond acceptors (Lipinski definition) is 1. The molecule has 0 amide bonds. The van der Waals surface area contributed by atoms with Crippen LogP contribution in [0.25, 0.3) is 0 Å². The van der Waals surface area contributed by atoms with Gasteiger partial charge in [0.25, 0.3) is 0 Å². The molecule has 0 saturated heterocycles. The van der Waals surface area contributed by atoms with Crippen molar-refractivity contribution in [2.24, 2.45) is 0 Å². The van der Waals surface area contributed by atoms with Gasteiger partial charge in [0.05, 0.1) is 6.10 Å². The standard InChI is InChI=1S/C15H13BrCl2O/c1-9-2-4-13(16)12(6-9)15(19)8-10-7-11(17)3-5-14(10)18/h2-7,15,19H,8H2,1H3. The second-order valence-electron chi connectivity index (χ2n) is 4.48. The van der Waals surface area contributed by atoms with Crippen molar-refractivity contribution in [1.29, 1.82) is 0 Å². The van der Waals surface area contributed by atoms with E-state index in [2.05, 4.69) is 15.9 Å². The summed E-state index contributed by atoms with van der Waals surface area (Å²) in [5.41, 5.74) is 2.81. The zero-order valence-electron chi connectivity index (χ0n) is 10.3. The van der Waals surface area contributed by atoms with Gasteiger partial charge in [0.15, 0.2) is 0 Å². The van der Waals surface area contributed by atoms with E-state index in [4.69, 9.17) is 23.2 Å². The van der Waals surface area contributed by atoms with Crippen LogP contribution in [0.5, 0.6) is 0 Å². The van der Waals surface area contributed by atoms with E-state index in [0.29, 0.717) is 16.5 Å². The van der Waals surface area contributed by atoms with Crippen molar-refractivity contribution in [3.63, 3.8) is 0 Å². The molecule has 0 aliphatic rings. The number of halogens is 3. The van der Waals surface area contributed by atoms with Crippen molar-refractivity contribution >= 4 is 39.1 Å². The minimum atomic E-state index is -0.620. The Balaban J connectivity index is 2.27. The molecule has 0 aliphatic heterocycles. The van der Waals surface area contributed by atoms with E-state index in [9.17, 15) is 5.11 Å². The van der Waals surface area contributed by atoms with E-state index < -0.39 is 6.10 Å². The lowest BCUT2D eigenvalue weighted by Gasteiger charge is -2.15. The average molecular weight is 360 g/mol. The molecule has 0 bridgehead atoms. The number of hydrogen-bond donors (Lipinski definition) is 1. The number of rotatable bonds is 3.